The van der Waals surface area contributed by atoms with Gasteiger partial charge in [-0.3, -0.25) is 0 Å². The molecule has 2 rings (SSSR count). The lowest BCUT2D eigenvalue weighted by Gasteiger charge is -2.10. The number of methoxy groups -OCH3 is 2. The summed E-state index contributed by atoms with van der Waals surface area (Å²) in [5.41, 5.74) is 6.68. The number of hydrogen-bond donors (Lipinski definition) is 2. The lowest BCUT2D eigenvalue weighted by atomic mass is 10.3. The number of nitrogens with two attached hydrogens (primary N) is 1. The fourth-order valence-electron chi connectivity index (χ4n) is 1.70. The maximum atomic E-state index is 5.88. The van der Waals surface area contributed by atoms with Gasteiger partial charge in [0.1, 0.15) is 0 Å². The first-order valence-corrected chi connectivity index (χ1v) is 7.81. The van der Waals surface area contributed by atoms with Crippen LogP contribution in [0.1, 0.15) is 4.88 Å². The van der Waals surface area contributed by atoms with Crippen LogP contribution in [0.5, 0.6) is 11.5 Å². The Kier molecular flexibility index (Phi) is 7.97. The van der Waals surface area contributed by atoms with E-state index in [9.17, 15) is 0 Å². The van der Waals surface area contributed by atoms with E-state index in [4.69, 9.17) is 15.2 Å². The normalized spacial score (nSPS) is 10.8. The molecule has 0 aliphatic heterocycles. The van der Waals surface area contributed by atoms with Crippen LogP contribution in [0, 0.1) is 0 Å². The smallest absolute Gasteiger partial charge is 0.193 e. The van der Waals surface area contributed by atoms with Crippen molar-refractivity contribution in [2.75, 3.05) is 19.5 Å². The van der Waals surface area contributed by atoms with Crippen LogP contribution in [0.4, 0.5) is 5.69 Å². The van der Waals surface area contributed by atoms with Crippen molar-refractivity contribution in [1.82, 2.24) is 0 Å². The highest BCUT2D eigenvalue weighted by Crippen LogP contribution is 2.29. The summed E-state index contributed by atoms with van der Waals surface area (Å²) in [4.78, 5) is 5.44. The second-order valence-corrected chi connectivity index (χ2v) is 6.04. The minimum atomic E-state index is 0. The number of nitrogens with one attached hydrogen (secondary N) is 1. The molecular weight excluding hydrogens is 481 g/mol. The molecule has 1 aromatic carbocycles. The van der Waals surface area contributed by atoms with Crippen LogP contribution < -0.4 is 20.5 Å². The van der Waals surface area contributed by atoms with Gasteiger partial charge in [-0.2, -0.15) is 0 Å². The SMILES string of the molecule is COc1ccc(NC(N)=NCc2cc(Br)cs2)cc1OC.I. The van der Waals surface area contributed by atoms with Crippen molar-refractivity contribution in [3.05, 3.63) is 39.0 Å². The molecule has 5 nitrogen and oxygen atoms in total. The van der Waals surface area contributed by atoms with Crippen molar-refractivity contribution < 1.29 is 9.47 Å². The first kappa shape index (κ1) is 19.0. The van der Waals surface area contributed by atoms with Gasteiger partial charge in [0.05, 0.1) is 20.8 Å². The molecule has 0 unspecified atom stereocenters. The van der Waals surface area contributed by atoms with Crippen LogP contribution in [0.25, 0.3) is 0 Å². The zero-order chi connectivity index (χ0) is 15.2. The van der Waals surface area contributed by atoms with E-state index in [1.165, 1.54) is 0 Å². The van der Waals surface area contributed by atoms with Crippen LogP contribution in [-0.2, 0) is 6.54 Å². The molecule has 0 spiro atoms. The van der Waals surface area contributed by atoms with Gasteiger partial charge >= 0.3 is 0 Å². The van der Waals surface area contributed by atoms with Crippen molar-refractivity contribution in [2.24, 2.45) is 10.7 Å². The predicted octanol–water partition coefficient (Wildman–Crippen LogP) is 4.07. The molecule has 1 heterocycles. The fraction of sp³-hybridized carbons (Fsp3) is 0.214. The average Bonchev–Trinajstić information content (AvgIpc) is 2.90. The van der Waals surface area contributed by atoms with Crippen LogP contribution in [-0.4, -0.2) is 20.2 Å². The number of rotatable bonds is 5. The molecule has 120 valence electrons. The molecule has 0 saturated heterocycles. The molecule has 0 radical (unpaired) electrons. The van der Waals surface area contributed by atoms with Crippen LogP contribution in [0.2, 0.25) is 0 Å². The second kappa shape index (κ2) is 9.21. The monoisotopic (exact) mass is 497 g/mol. The predicted molar refractivity (Wildman–Crippen MR) is 106 cm³/mol. The number of anilines is 1. The van der Waals surface area contributed by atoms with Crippen molar-refractivity contribution in [1.29, 1.82) is 0 Å². The largest absolute Gasteiger partial charge is 0.493 e. The third kappa shape index (κ3) is 5.33. The van der Waals surface area contributed by atoms with E-state index in [2.05, 4.69) is 26.2 Å². The van der Waals surface area contributed by atoms with Crippen molar-refractivity contribution >= 4 is 62.9 Å². The van der Waals surface area contributed by atoms with Crippen LogP contribution >= 0.6 is 51.2 Å². The summed E-state index contributed by atoms with van der Waals surface area (Å²) in [5, 5.41) is 5.05. The Morgan fingerprint density at radius 2 is 2.00 bits per heavy atom. The van der Waals surface area contributed by atoms with Gasteiger partial charge in [0.2, 0.25) is 0 Å². The Balaban J connectivity index is 0.00000242. The van der Waals surface area contributed by atoms with Gasteiger partial charge in [-0.15, -0.1) is 35.3 Å². The van der Waals surface area contributed by atoms with Gasteiger partial charge in [-0.05, 0) is 34.1 Å². The number of hydrogen-bond acceptors (Lipinski definition) is 4. The molecule has 1 aromatic heterocycles. The maximum Gasteiger partial charge on any atom is 0.193 e. The minimum Gasteiger partial charge on any atom is -0.493 e. The molecule has 0 fully saturated rings. The fourth-order valence-corrected chi connectivity index (χ4v) is 3.08. The molecule has 0 saturated carbocycles. The van der Waals surface area contributed by atoms with Crippen molar-refractivity contribution in [3.63, 3.8) is 0 Å². The Hall–Kier alpha value is -1.000. The Bertz CT molecular complexity index is 649. The van der Waals surface area contributed by atoms with Gasteiger partial charge in [-0.1, -0.05) is 0 Å². The number of guanidine groups is 1. The van der Waals surface area contributed by atoms with Gasteiger partial charge in [-0.25, -0.2) is 4.99 Å². The summed E-state index contributed by atoms with van der Waals surface area (Å²) in [6, 6.07) is 7.50. The Labute approximate surface area is 159 Å². The summed E-state index contributed by atoms with van der Waals surface area (Å²) < 4.78 is 11.5. The number of nitrogens with zero attached hydrogens (tertiary/aromatic N) is 1. The number of aliphatic imine (C=N–C) groups is 1. The number of halogens is 2. The Morgan fingerprint density at radius 1 is 1.27 bits per heavy atom. The molecule has 0 atom stereocenters. The van der Waals surface area contributed by atoms with Crippen molar-refractivity contribution in [2.45, 2.75) is 6.54 Å². The summed E-state index contributed by atoms with van der Waals surface area (Å²) >= 11 is 5.05. The zero-order valence-corrected chi connectivity index (χ0v) is 16.9. The first-order valence-electron chi connectivity index (χ1n) is 6.14. The van der Waals surface area contributed by atoms with E-state index in [1.807, 2.05) is 29.6 Å². The highest BCUT2D eigenvalue weighted by atomic mass is 127. The highest BCUT2D eigenvalue weighted by Gasteiger charge is 2.05. The standard InChI is InChI=1S/C14H16BrN3O2S.HI/c1-19-12-4-3-10(6-13(12)20-2)18-14(16)17-7-11-5-9(15)8-21-11;/h3-6,8H,7H2,1-2H3,(H3,16,17,18);1H. The Morgan fingerprint density at radius 3 is 2.59 bits per heavy atom. The number of benzene rings is 1. The highest BCUT2D eigenvalue weighted by molar-refractivity contribution is 14.0. The summed E-state index contributed by atoms with van der Waals surface area (Å²) in [6.07, 6.45) is 0. The van der Waals surface area contributed by atoms with E-state index in [0.29, 0.717) is 24.0 Å². The molecule has 0 aliphatic rings. The van der Waals surface area contributed by atoms with E-state index in [0.717, 1.165) is 15.0 Å². The minimum absolute atomic E-state index is 0. The zero-order valence-electron chi connectivity index (χ0n) is 12.1. The molecule has 0 bridgehead atoms. The molecule has 8 heteroatoms. The van der Waals surface area contributed by atoms with Crippen LogP contribution in [0.3, 0.4) is 0 Å². The third-order valence-electron chi connectivity index (χ3n) is 2.68. The van der Waals surface area contributed by atoms with Crippen LogP contribution in [0.15, 0.2) is 39.1 Å². The average molecular weight is 498 g/mol. The molecule has 0 aliphatic carbocycles. The van der Waals surface area contributed by atoms with E-state index in [-0.39, 0.29) is 24.0 Å². The topological polar surface area (TPSA) is 68.9 Å². The van der Waals surface area contributed by atoms with Gasteiger partial charge < -0.3 is 20.5 Å². The van der Waals surface area contributed by atoms with E-state index < -0.39 is 0 Å². The summed E-state index contributed by atoms with van der Waals surface area (Å²) in [7, 11) is 3.19. The quantitative estimate of drug-likeness (QED) is 0.371. The maximum absolute atomic E-state index is 5.88. The lowest BCUT2D eigenvalue weighted by molar-refractivity contribution is 0.355. The molecule has 0 amide bonds. The number of thiophene rings is 1. The third-order valence-corrected chi connectivity index (χ3v) is 4.37. The second-order valence-electron chi connectivity index (χ2n) is 4.13. The van der Waals surface area contributed by atoms with Gasteiger partial charge in [0.25, 0.3) is 0 Å². The molecule has 2 aromatic rings. The van der Waals surface area contributed by atoms with Gasteiger partial charge in [0.15, 0.2) is 17.5 Å². The molecular formula is C14H17BrIN3O2S. The lowest BCUT2D eigenvalue weighted by Crippen LogP contribution is -2.22. The van der Waals surface area contributed by atoms with Crippen molar-refractivity contribution in [3.8, 4) is 11.5 Å². The molecule has 3 N–H and O–H groups in total. The first-order chi connectivity index (χ1) is 10.1. The molecule has 22 heavy (non-hydrogen) atoms. The van der Waals surface area contributed by atoms with Gasteiger partial charge in [0, 0.05) is 26.5 Å². The summed E-state index contributed by atoms with van der Waals surface area (Å²) in [6.45, 7) is 0.544. The number of ether oxygens (including phenoxy) is 2. The van der Waals surface area contributed by atoms with E-state index in [1.54, 1.807) is 25.6 Å². The summed E-state index contributed by atoms with van der Waals surface area (Å²) in [5.74, 6) is 1.66. The van der Waals surface area contributed by atoms with E-state index >= 15 is 0 Å².